The Balaban J connectivity index is 1.52. The molecule has 0 fully saturated rings. The molecule has 1 aliphatic carbocycles. The molecule has 164 valence electrons. The second-order valence-electron chi connectivity index (χ2n) is 7.84. The number of nitrogens with two attached hydrogens (primary N) is 1. The summed E-state index contributed by atoms with van der Waals surface area (Å²) in [6, 6.07) is 19.3. The van der Waals surface area contributed by atoms with Gasteiger partial charge in [-0.25, -0.2) is 4.98 Å². The summed E-state index contributed by atoms with van der Waals surface area (Å²) in [4.78, 5) is 16.5. The normalized spacial score (nSPS) is 18.8. The number of halogens is 1. The second-order valence-corrected chi connectivity index (χ2v) is 8.52. The number of hydrogen-bond acceptors (Lipinski definition) is 4. The Labute approximate surface area is 193 Å². The zero-order valence-corrected chi connectivity index (χ0v) is 18.5. The maximum atomic E-state index is 13.3. The highest BCUT2D eigenvalue weighted by molar-refractivity contribution is 6.37. The highest BCUT2D eigenvalue weighted by Gasteiger charge is 2.38. The van der Waals surface area contributed by atoms with Crippen molar-refractivity contribution >= 4 is 23.1 Å². The van der Waals surface area contributed by atoms with Crippen LogP contribution in [0, 0.1) is 0 Å². The number of nitrogens with zero attached hydrogens (tertiary/aromatic N) is 1. The van der Waals surface area contributed by atoms with Gasteiger partial charge in [0.2, 0.25) is 11.8 Å². The topological polar surface area (TPSA) is 81.1 Å². The fraction of sp³-hybridized carbons (Fsp3) is 0.231. The number of alkyl halides is 1. The Morgan fingerprint density at radius 1 is 1.12 bits per heavy atom. The molecule has 3 N–H and O–H groups in total. The van der Waals surface area contributed by atoms with Gasteiger partial charge in [-0.3, -0.25) is 4.79 Å². The summed E-state index contributed by atoms with van der Waals surface area (Å²) in [6.07, 6.45) is 8.97. The number of carbonyl (C=O) groups is 1. The van der Waals surface area contributed by atoms with Gasteiger partial charge >= 0.3 is 0 Å². The molecule has 0 saturated carbocycles. The van der Waals surface area contributed by atoms with Crippen molar-refractivity contribution in [3.63, 3.8) is 0 Å². The third-order valence-corrected chi connectivity index (χ3v) is 5.94. The van der Waals surface area contributed by atoms with Gasteiger partial charge < -0.3 is 15.5 Å². The van der Waals surface area contributed by atoms with Crippen LogP contribution in [-0.4, -0.2) is 22.3 Å². The van der Waals surface area contributed by atoms with E-state index in [1.165, 1.54) is 0 Å². The fourth-order valence-corrected chi connectivity index (χ4v) is 4.03. The van der Waals surface area contributed by atoms with Crippen LogP contribution < -0.4 is 11.1 Å². The Hall–Kier alpha value is -3.15. The number of amides is 1. The van der Waals surface area contributed by atoms with Gasteiger partial charge in [0, 0.05) is 12.0 Å². The molecule has 2 aromatic carbocycles. The molecule has 1 heterocycles. The number of rotatable bonds is 8. The average molecular weight is 448 g/mol. The molecule has 5 nitrogen and oxygen atoms in total. The standard InChI is InChI=1S/C26H26ClN3O2/c27-26(15-7-13-21(17-26)19-9-3-1-4-10-19)25(31)30-22(14-8-16-28)24-29-18-23(32-24)20-11-5-2-6-12-20/h1-7,9-13,15,18,22H,8,14,16-17,28H2,(H,30,31)/t22?,26-/m1/s1. The SMILES string of the molecule is NCCCC(NC(=O)[C@@]1(Cl)C=CC=C(c2ccccc2)C1)c1ncc(-c2ccccc2)o1. The first kappa shape index (κ1) is 22.1. The molecule has 2 atom stereocenters. The van der Waals surface area contributed by atoms with Gasteiger partial charge in [0.25, 0.3) is 0 Å². The van der Waals surface area contributed by atoms with E-state index >= 15 is 0 Å². The highest BCUT2D eigenvalue weighted by Crippen LogP contribution is 2.36. The molecule has 0 saturated heterocycles. The van der Waals surface area contributed by atoms with Crippen molar-refractivity contribution in [2.24, 2.45) is 5.73 Å². The summed E-state index contributed by atoms with van der Waals surface area (Å²) in [5, 5.41) is 3.05. The van der Waals surface area contributed by atoms with Crippen molar-refractivity contribution in [3.8, 4) is 11.3 Å². The van der Waals surface area contributed by atoms with Crippen molar-refractivity contribution in [2.45, 2.75) is 30.2 Å². The van der Waals surface area contributed by atoms with E-state index in [0.717, 1.165) is 16.7 Å². The highest BCUT2D eigenvalue weighted by atomic mass is 35.5. The first-order valence-corrected chi connectivity index (χ1v) is 11.1. The Bertz CT molecular complexity index is 1110. The molecule has 1 unspecified atom stereocenters. The third kappa shape index (κ3) is 5.01. The minimum absolute atomic E-state index is 0.279. The molecule has 0 radical (unpaired) electrons. The molecule has 1 aromatic heterocycles. The largest absolute Gasteiger partial charge is 0.438 e. The Morgan fingerprint density at radius 2 is 1.81 bits per heavy atom. The van der Waals surface area contributed by atoms with Crippen LogP contribution in [0.4, 0.5) is 0 Å². The van der Waals surface area contributed by atoms with E-state index < -0.39 is 10.9 Å². The lowest BCUT2D eigenvalue weighted by molar-refractivity contribution is -0.123. The van der Waals surface area contributed by atoms with E-state index in [4.69, 9.17) is 21.8 Å². The van der Waals surface area contributed by atoms with E-state index in [2.05, 4.69) is 10.3 Å². The molecular weight excluding hydrogens is 422 g/mol. The number of aromatic nitrogens is 1. The summed E-state index contributed by atoms with van der Waals surface area (Å²) in [5.41, 5.74) is 8.72. The van der Waals surface area contributed by atoms with Crippen molar-refractivity contribution < 1.29 is 9.21 Å². The van der Waals surface area contributed by atoms with E-state index in [1.807, 2.05) is 72.8 Å². The van der Waals surface area contributed by atoms with Crippen LogP contribution in [0.25, 0.3) is 16.9 Å². The van der Waals surface area contributed by atoms with Crippen molar-refractivity contribution in [1.29, 1.82) is 0 Å². The van der Waals surface area contributed by atoms with E-state index in [-0.39, 0.29) is 5.91 Å². The number of carbonyl (C=O) groups excluding carboxylic acids is 1. The summed E-state index contributed by atoms with van der Waals surface area (Å²) in [7, 11) is 0. The van der Waals surface area contributed by atoms with Crippen LogP contribution in [0.5, 0.6) is 0 Å². The molecule has 0 bridgehead atoms. The molecule has 1 aliphatic rings. The second kappa shape index (κ2) is 9.98. The Morgan fingerprint density at radius 3 is 2.50 bits per heavy atom. The van der Waals surface area contributed by atoms with Crippen LogP contribution in [-0.2, 0) is 4.79 Å². The van der Waals surface area contributed by atoms with E-state index in [1.54, 1.807) is 12.3 Å². The zero-order valence-electron chi connectivity index (χ0n) is 17.7. The molecule has 4 rings (SSSR count). The predicted octanol–water partition coefficient (Wildman–Crippen LogP) is 5.26. The maximum absolute atomic E-state index is 13.3. The van der Waals surface area contributed by atoms with Crippen LogP contribution in [0.15, 0.2) is 89.5 Å². The maximum Gasteiger partial charge on any atom is 0.246 e. The molecule has 0 aliphatic heterocycles. The number of nitrogens with one attached hydrogen (secondary N) is 1. The minimum atomic E-state index is -1.18. The lowest BCUT2D eigenvalue weighted by atomic mass is 9.88. The monoisotopic (exact) mass is 447 g/mol. The van der Waals surface area contributed by atoms with E-state index in [0.29, 0.717) is 37.5 Å². The number of allylic oxidation sites excluding steroid dienone is 3. The third-order valence-electron chi connectivity index (χ3n) is 5.51. The van der Waals surface area contributed by atoms with Gasteiger partial charge in [0.05, 0.1) is 6.20 Å². The number of hydrogen-bond donors (Lipinski definition) is 2. The summed E-state index contributed by atoms with van der Waals surface area (Å²) in [5.74, 6) is 0.822. The van der Waals surface area contributed by atoms with Crippen molar-refractivity contribution in [3.05, 3.63) is 96.5 Å². The van der Waals surface area contributed by atoms with Gasteiger partial charge in [0.15, 0.2) is 5.76 Å². The van der Waals surface area contributed by atoms with Gasteiger partial charge in [0.1, 0.15) is 10.9 Å². The van der Waals surface area contributed by atoms with Gasteiger partial charge in [-0.15, -0.1) is 11.6 Å². The van der Waals surface area contributed by atoms with Gasteiger partial charge in [-0.2, -0.15) is 0 Å². The van der Waals surface area contributed by atoms with Crippen LogP contribution in [0.3, 0.4) is 0 Å². The lowest BCUT2D eigenvalue weighted by Gasteiger charge is -2.28. The fourth-order valence-electron chi connectivity index (χ4n) is 3.76. The van der Waals surface area contributed by atoms with Crippen molar-refractivity contribution in [1.82, 2.24) is 10.3 Å². The van der Waals surface area contributed by atoms with Gasteiger partial charge in [-0.05, 0) is 30.5 Å². The Kier molecular flexibility index (Phi) is 6.88. The minimum Gasteiger partial charge on any atom is -0.438 e. The van der Waals surface area contributed by atoms with Crippen molar-refractivity contribution in [2.75, 3.05) is 6.54 Å². The molecule has 3 aromatic rings. The van der Waals surface area contributed by atoms with E-state index in [9.17, 15) is 4.79 Å². The molecular formula is C26H26ClN3O2. The van der Waals surface area contributed by atoms with Crippen LogP contribution in [0.2, 0.25) is 0 Å². The molecule has 0 spiro atoms. The smallest absolute Gasteiger partial charge is 0.246 e. The molecule has 6 heteroatoms. The van der Waals surface area contributed by atoms with Crippen LogP contribution >= 0.6 is 11.6 Å². The number of benzene rings is 2. The summed E-state index contributed by atoms with van der Waals surface area (Å²) >= 11 is 6.82. The number of oxazole rings is 1. The lowest BCUT2D eigenvalue weighted by Crippen LogP contribution is -2.43. The summed E-state index contributed by atoms with van der Waals surface area (Å²) < 4.78 is 6.00. The average Bonchev–Trinajstić information content (AvgIpc) is 3.33. The predicted molar refractivity (Wildman–Crippen MR) is 128 cm³/mol. The molecule has 32 heavy (non-hydrogen) atoms. The quantitative estimate of drug-likeness (QED) is 0.461. The first-order chi connectivity index (χ1) is 15.6. The summed E-state index contributed by atoms with van der Waals surface area (Å²) in [6.45, 7) is 0.505. The van der Waals surface area contributed by atoms with Crippen LogP contribution in [0.1, 0.15) is 36.8 Å². The molecule has 1 amide bonds. The first-order valence-electron chi connectivity index (χ1n) is 10.7. The zero-order chi connectivity index (χ0) is 22.4. The van der Waals surface area contributed by atoms with Gasteiger partial charge in [-0.1, -0.05) is 78.9 Å².